The Labute approximate surface area is 163 Å². The standard InChI is InChI=1S/C20H25N3OS2/c24-20(23-10-7-16(14-23)22-11-8-21-9-12-22)18-5-1-2-6-19(18)26-15-17-4-3-13-25-17/h1-6,13,16,21H,7-12,14-15H2. The quantitative estimate of drug-likeness (QED) is 0.800. The molecule has 2 saturated heterocycles. The van der Waals surface area contributed by atoms with Gasteiger partial charge in [0.05, 0.1) is 5.56 Å². The maximum absolute atomic E-state index is 13.1. The minimum Gasteiger partial charge on any atom is -0.337 e. The first kappa shape index (κ1) is 18.0. The molecule has 26 heavy (non-hydrogen) atoms. The molecule has 1 aromatic carbocycles. The van der Waals surface area contributed by atoms with Crippen molar-refractivity contribution >= 4 is 29.0 Å². The highest BCUT2D eigenvalue weighted by atomic mass is 32.2. The number of thiophene rings is 1. The highest BCUT2D eigenvalue weighted by Crippen LogP contribution is 2.29. The SMILES string of the molecule is O=C(c1ccccc1SCc1cccs1)N1CCC(N2CCNCC2)C1. The summed E-state index contributed by atoms with van der Waals surface area (Å²) < 4.78 is 0. The molecule has 138 valence electrons. The lowest BCUT2D eigenvalue weighted by molar-refractivity contribution is 0.0770. The second-order valence-corrected chi connectivity index (χ2v) is 8.89. The summed E-state index contributed by atoms with van der Waals surface area (Å²) in [7, 11) is 0. The van der Waals surface area contributed by atoms with E-state index in [1.165, 1.54) is 4.88 Å². The Morgan fingerprint density at radius 2 is 2.00 bits per heavy atom. The van der Waals surface area contributed by atoms with Gasteiger partial charge in [-0.2, -0.15) is 0 Å². The molecule has 1 aromatic heterocycles. The number of hydrogen-bond acceptors (Lipinski definition) is 5. The third kappa shape index (κ3) is 4.14. The van der Waals surface area contributed by atoms with E-state index in [2.05, 4.69) is 38.7 Å². The van der Waals surface area contributed by atoms with Crippen molar-refractivity contribution in [2.24, 2.45) is 0 Å². The largest absolute Gasteiger partial charge is 0.337 e. The number of piperazine rings is 1. The van der Waals surface area contributed by atoms with Crippen LogP contribution < -0.4 is 5.32 Å². The summed E-state index contributed by atoms with van der Waals surface area (Å²) in [5.74, 6) is 1.11. The molecule has 1 amide bonds. The van der Waals surface area contributed by atoms with Gasteiger partial charge >= 0.3 is 0 Å². The van der Waals surface area contributed by atoms with Gasteiger partial charge in [0.15, 0.2) is 0 Å². The molecule has 0 bridgehead atoms. The molecular formula is C20H25N3OS2. The van der Waals surface area contributed by atoms with Crippen molar-refractivity contribution in [3.63, 3.8) is 0 Å². The minimum atomic E-state index is 0.192. The van der Waals surface area contributed by atoms with E-state index in [1.807, 2.05) is 18.2 Å². The zero-order valence-electron chi connectivity index (χ0n) is 14.9. The Morgan fingerprint density at radius 1 is 1.15 bits per heavy atom. The predicted molar refractivity (Wildman–Crippen MR) is 109 cm³/mol. The average molecular weight is 388 g/mol. The fourth-order valence-electron chi connectivity index (χ4n) is 3.75. The summed E-state index contributed by atoms with van der Waals surface area (Å²) in [5.41, 5.74) is 0.856. The van der Waals surface area contributed by atoms with Gasteiger partial charge in [0.25, 0.3) is 5.91 Å². The van der Waals surface area contributed by atoms with E-state index >= 15 is 0 Å². The molecule has 2 aliphatic heterocycles. The van der Waals surface area contributed by atoms with Gasteiger partial charge in [0.2, 0.25) is 0 Å². The lowest BCUT2D eigenvalue weighted by atomic mass is 10.2. The van der Waals surface area contributed by atoms with Gasteiger partial charge in [0, 0.05) is 60.8 Å². The van der Waals surface area contributed by atoms with E-state index < -0.39 is 0 Å². The first-order chi connectivity index (χ1) is 12.8. The fraction of sp³-hybridized carbons (Fsp3) is 0.450. The first-order valence-corrected chi connectivity index (χ1v) is 11.2. The van der Waals surface area contributed by atoms with Crippen LogP contribution in [0.25, 0.3) is 0 Å². The molecule has 1 unspecified atom stereocenters. The number of nitrogens with one attached hydrogen (secondary N) is 1. The molecule has 2 aliphatic rings. The van der Waals surface area contributed by atoms with Crippen LogP contribution in [0.4, 0.5) is 0 Å². The third-order valence-corrected chi connectivity index (χ3v) is 7.37. The molecule has 0 spiro atoms. The molecule has 0 saturated carbocycles. The van der Waals surface area contributed by atoms with E-state index in [1.54, 1.807) is 23.1 Å². The van der Waals surface area contributed by atoms with E-state index in [-0.39, 0.29) is 5.91 Å². The molecule has 0 radical (unpaired) electrons. The van der Waals surface area contributed by atoms with Crippen LogP contribution in [0.3, 0.4) is 0 Å². The van der Waals surface area contributed by atoms with Crippen molar-refractivity contribution in [1.82, 2.24) is 15.1 Å². The van der Waals surface area contributed by atoms with Gasteiger partial charge in [-0.3, -0.25) is 9.69 Å². The van der Waals surface area contributed by atoms with Crippen LogP contribution in [-0.4, -0.2) is 61.0 Å². The van der Waals surface area contributed by atoms with Crippen molar-refractivity contribution < 1.29 is 4.79 Å². The third-order valence-electron chi connectivity index (χ3n) is 5.19. The van der Waals surface area contributed by atoms with Crippen LogP contribution in [-0.2, 0) is 5.75 Å². The summed E-state index contributed by atoms with van der Waals surface area (Å²) in [6.07, 6.45) is 1.09. The number of likely N-dealkylation sites (tertiary alicyclic amines) is 1. The number of hydrogen-bond donors (Lipinski definition) is 1. The molecule has 6 heteroatoms. The van der Waals surface area contributed by atoms with Crippen LogP contribution in [0.5, 0.6) is 0 Å². The zero-order valence-corrected chi connectivity index (χ0v) is 16.5. The van der Waals surface area contributed by atoms with Crippen molar-refractivity contribution in [2.45, 2.75) is 23.1 Å². The van der Waals surface area contributed by atoms with Crippen LogP contribution in [0.2, 0.25) is 0 Å². The lowest BCUT2D eigenvalue weighted by Crippen LogP contribution is -2.49. The molecule has 4 rings (SSSR count). The van der Waals surface area contributed by atoms with Crippen LogP contribution in [0.15, 0.2) is 46.7 Å². The number of nitrogens with zero attached hydrogens (tertiary/aromatic N) is 2. The molecule has 3 heterocycles. The van der Waals surface area contributed by atoms with Crippen LogP contribution >= 0.6 is 23.1 Å². The second kappa shape index (κ2) is 8.57. The molecule has 2 fully saturated rings. The van der Waals surface area contributed by atoms with E-state index in [0.717, 1.165) is 61.9 Å². The number of rotatable bonds is 5. The average Bonchev–Trinajstić information content (AvgIpc) is 3.39. The number of carbonyl (C=O) groups excluding carboxylic acids is 1. The Bertz CT molecular complexity index is 728. The molecule has 4 nitrogen and oxygen atoms in total. The monoisotopic (exact) mass is 387 g/mol. The van der Waals surface area contributed by atoms with Gasteiger partial charge in [0.1, 0.15) is 0 Å². The van der Waals surface area contributed by atoms with Gasteiger partial charge in [-0.25, -0.2) is 0 Å². The maximum Gasteiger partial charge on any atom is 0.255 e. The molecule has 1 N–H and O–H groups in total. The lowest BCUT2D eigenvalue weighted by Gasteiger charge is -2.32. The Kier molecular flexibility index (Phi) is 5.94. The fourth-order valence-corrected chi connectivity index (χ4v) is 5.57. The summed E-state index contributed by atoms with van der Waals surface area (Å²) in [6.45, 7) is 6.05. The van der Waals surface area contributed by atoms with Gasteiger partial charge in [-0.15, -0.1) is 23.1 Å². The minimum absolute atomic E-state index is 0.192. The number of benzene rings is 1. The topological polar surface area (TPSA) is 35.6 Å². The van der Waals surface area contributed by atoms with Crippen molar-refractivity contribution in [3.8, 4) is 0 Å². The number of amides is 1. The molecular weight excluding hydrogens is 362 g/mol. The maximum atomic E-state index is 13.1. The Balaban J connectivity index is 1.41. The van der Waals surface area contributed by atoms with E-state index in [4.69, 9.17) is 0 Å². The summed E-state index contributed by atoms with van der Waals surface area (Å²) in [4.78, 5) is 20.2. The van der Waals surface area contributed by atoms with Gasteiger partial charge in [-0.1, -0.05) is 18.2 Å². The summed E-state index contributed by atoms with van der Waals surface area (Å²) in [6, 6.07) is 12.8. The Morgan fingerprint density at radius 3 is 2.81 bits per heavy atom. The van der Waals surface area contributed by atoms with Gasteiger partial charge in [-0.05, 0) is 30.0 Å². The summed E-state index contributed by atoms with van der Waals surface area (Å²) >= 11 is 3.54. The molecule has 0 aliphatic carbocycles. The van der Waals surface area contributed by atoms with Gasteiger partial charge < -0.3 is 10.2 Å². The predicted octanol–water partition coefficient (Wildman–Crippen LogP) is 3.16. The van der Waals surface area contributed by atoms with Crippen molar-refractivity contribution in [2.75, 3.05) is 39.3 Å². The zero-order chi connectivity index (χ0) is 17.8. The second-order valence-electron chi connectivity index (χ2n) is 6.84. The first-order valence-electron chi connectivity index (χ1n) is 9.29. The molecule has 2 aromatic rings. The van der Waals surface area contributed by atoms with E-state index in [9.17, 15) is 4.79 Å². The molecule has 1 atom stereocenters. The van der Waals surface area contributed by atoms with E-state index in [0.29, 0.717) is 6.04 Å². The van der Waals surface area contributed by atoms with Crippen molar-refractivity contribution in [3.05, 3.63) is 52.2 Å². The summed E-state index contributed by atoms with van der Waals surface area (Å²) in [5, 5.41) is 5.51. The normalized spacial score (nSPS) is 21.2. The highest BCUT2D eigenvalue weighted by molar-refractivity contribution is 7.98. The number of carbonyl (C=O) groups is 1. The van der Waals surface area contributed by atoms with Crippen LogP contribution in [0.1, 0.15) is 21.7 Å². The van der Waals surface area contributed by atoms with Crippen LogP contribution in [0, 0.1) is 0 Å². The Hall–Kier alpha value is -1.34. The van der Waals surface area contributed by atoms with Crippen molar-refractivity contribution in [1.29, 1.82) is 0 Å². The number of thioether (sulfide) groups is 1. The highest BCUT2D eigenvalue weighted by Gasteiger charge is 2.31. The smallest absolute Gasteiger partial charge is 0.255 e.